The van der Waals surface area contributed by atoms with Crippen LogP contribution in [0.1, 0.15) is 17.0 Å². The van der Waals surface area contributed by atoms with Crippen LogP contribution in [0.25, 0.3) is 10.9 Å². The van der Waals surface area contributed by atoms with E-state index in [9.17, 15) is 5.11 Å². The molecule has 5 heteroatoms. The summed E-state index contributed by atoms with van der Waals surface area (Å²) < 4.78 is 2.24. The van der Waals surface area contributed by atoms with Gasteiger partial charge in [0.05, 0.1) is 0 Å². The number of rotatable bonds is 4. The molecule has 2 atom stereocenters. The first-order valence-electron chi connectivity index (χ1n) is 9.24. The maximum Gasteiger partial charge on any atom is 0.120 e. The Bertz CT molecular complexity index is 921. The van der Waals surface area contributed by atoms with E-state index in [2.05, 4.69) is 66.0 Å². The monoisotopic (exact) mass is 385 g/mol. The number of phenolic OH excluding ortho intramolecular Hbond substituents is 1. The fraction of sp³-hybridized carbons (Fsp3) is 0.364. The van der Waals surface area contributed by atoms with Crippen LogP contribution in [0.3, 0.4) is 0 Å². The fourth-order valence-electron chi connectivity index (χ4n) is 4.38. The third-order valence-electron chi connectivity index (χ3n) is 5.74. The van der Waals surface area contributed by atoms with Crippen LogP contribution in [0.2, 0.25) is 0 Å². The van der Waals surface area contributed by atoms with Crippen molar-refractivity contribution in [3.05, 3.63) is 65.9 Å². The summed E-state index contributed by atoms with van der Waals surface area (Å²) in [6.07, 6.45) is 2.30. The molecule has 1 aromatic heterocycles. The number of hydrogen-bond donors (Lipinski definition) is 1. The van der Waals surface area contributed by atoms with Crippen molar-refractivity contribution in [1.29, 1.82) is 0 Å². The van der Waals surface area contributed by atoms with Crippen LogP contribution in [0.5, 0.6) is 5.75 Å². The Morgan fingerprint density at radius 3 is 2.48 bits per heavy atom. The molecule has 0 saturated carbocycles. The van der Waals surface area contributed by atoms with E-state index in [1.54, 1.807) is 6.07 Å². The number of aromatic hydroxyl groups is 1. The van der Waals surface area contributed by atoms with Crippen LogP contribution in [0.15, 0.2) is 54.7 Å². The molecule has 144 valence electrons. The predicted octanol–water partition coefficient (Wildman–Crippen LogP) is 3.84. The van der Waals surface area contributed by atoms with Crippen molar-refractivity contribution in [3.63, 3.8) is 0 Å². The SMILES string of the molecule is CN(C)[C@@H]1CN(Cc2ccccc2O)C[C@H]1c1cn(C)c2ccccc12.Cl. The smallest absolute Gasteiger partial charge is 0.120 e. The molecule has 0 radical (unpaired) electrons. The number of para-hydroxylation sites is 2. The summed E-state index contributed by atoms with van der Waals surface area (Å²) in [5.74, 6) is 0.851. The number of fused-ring (bicyclic) bond motifs is 1. The van der Waals surface area contributed by atoms with Gasteiger partial charge in [0.15, 0.2) is 0 Å². The van der Waals surface area contributed by atoms with Gasteiger partial charge in [0.25, 0.3) is 0 Å². The zero-order chi connectivity index (χ0) is 18.3. The van der Waals surface area contributed by atoms with Gasteiger partial charge in [-0.3, -0.25) is 4.90 Å². The molecule has 27 heavy (non-hydrogen) atoms. The zero-order valence-electron chi connectivity index (χ0n) is 16.2. The summed E-state index contributed by atoms with van der Waals surface area (Å²) in [7, 11) is 6.48. The number of halogens is 1. The number of hydrogen-bond acceptors (Lipinski definition) is 3. The quantitative estimate of drug-likeness (QED) is 0.740. The molecule has 0 unspecified atom stereocenters. The number of aryl methyl sites for hydroxylation is 1. The number of likely N-dealkylation sites (N-methyl/N-ethyl adjacent to an activating group) is 1. The molecule has 0 aliphatic carbocycles. The lowest BCUT2D eigenvalue weighted by Crippen LogP contribution is -2.34. The van der Waals surface area contributed by atoms with E-state index >= 15 is 0 Å². The molecule has 1 aliphatic heterocycles. The summed E-state index contributed by atoms with van der Waals surface area (Å²) in [6.45, 7) is 2.80. The molecule has 1 saturated heterocycles. The Morgan fingerprint density at radius 2 is 1.74 bits per heavy atom. The highest BCUT2D eigenvalue weighted by atomic mass is 35.5. The lowest BCUT2D eigenvalue weighted by Gasteiger charge is -2.25. The average Bonchev–Trinajstić information content (AvgIpc) is 3.19. The molecule has 0 bridgehead atoms. The number of aromatic nitrogens is 1. The highest BCUT2D eigenvalue weighted by Crippen LogP contribution is 2.36. The van der Waals surface area contributed by atoms with Gasteiger partial charge in [0.2, 0.25) is 0 Å². The van der Waals surface area contributed by atoms with E-state index in [0.717, 1.165) is 25.2 Å². The lowest BCUT2D eigenvalue weighted by molar-refractivity contribution is 0.258. The number of phenols is 1. The Labute approximate surface area is 167 Å². The van der Waals surface area contributed by atoms with Crippen molar-refractivity contribution < 1.29 is 5.11 Å². The summed E-state index contributed by atoms with van der Waals surface area (Å²) in [6, 6.07) is 16.8. The van der Waals surface area contributed by atoms with Crippen LogP contribution in [-0.4, -0.2) is 52.7 Å². The average molecular weight is 386 g/mol. The van der Waals surface area contributed by atoms with E-state index in [1.807, 2.05) is 18.2 Å². The molecular weight excluding hydrogens is 358 g/mol. The Kier molecular flexibility index (Phi) is 5.80. The lowest BCUT2D eigenvalue weighted by atomic mass is 9.93. The Morgan fingerprint density at radius 1 is 1.04 bits per heavy atom. The van der Waals surface area contributed by atoms with Crippen LogP contribution >= 0.6 is 12.4 Å². The maximum atomic E-state index is 10.1. The molecule has 3 aromatic rings. The maximum absolute atomic E-state index is 10.1. The van der Waals surface area contributed by atoms with Gasteiger partial charge in [-0.2, -0.15) is 0 Å². The van der Waals surface area contributed by atoms with Gasteiger partial charge in [-0.05, 0) is 31.8 Å². The van der Waals surface area contributed by atoms with Crippen molar-refractivity contribution in [3.8, 4) is 5.75 Å². The molecule has 1 aliphatic rings. The zero-order valence-corrected chi connectivity index (χ0v) is 17.0. The van der Waals surface area contributed by atoms with Crippen molar-refractivity contribution >= 4 is 23.3 Å². The minimum atomic E-state index is 0. The molecule has 4 nitrogen and oxygen atoms in total. The number of likely N-dealkylation sites (tertiary alicyclic amines) is 1. The second-order valence-corrected chi connectivity index (χ2v) is 7.67. The van der Waals surface area contributed by atoms with Crippen molar-refractivity contribution in [2.75, 3.05) is 27.2 Å². The second kappa shape index (κ2) is 7.93. The topological polar surface area (TPSA) is 31.6 Å². The largest absolute Gasteiger partial charge is 0.508 e. The van der Waals surface area contributed by atoms with E-state index in [-0.39, 0.29) is 12.4 Å². The molecule has 2 heterocycles. The van der Waals surface area contributed by atoms with Gasteiger partial charge < -0.3 is 14.6 Å². The van der Waals surface area contributed by atoms with E-state index in [4.69, 9.17) is 0 Å². The molecule has 2 aromatic carbocycles. The summed E-state index contributed by atoms with van der Waals surface area (Å²) in [5, 5.41) is 11.5. The van der Waals surface area contributed by atoms with Crippen molar-refractivity contribution in [2.24, 2.45) is 7.05 Å². The minimum Gasteiger partial charge on any atom is -0.508 e. The van der Waals surface area contributed by atoms with E-state index in [1.165, 1.54) is 16.5 Å². The molecule has 0 spiro atoms. The van der Waals surface area contributed by atoms with Gasteiger partial charge in [0.1, 0.15) is 5.75 Å². The normalized spacial score (nSPS) is 20.3. The van der Waals surface area contributed by atoms with Crippen molar-refractivity contribution in [2.45, 2.75) is 18.5 Å². The van der Waals surface area contributed by atoms with Crippen molar-refractivity contribution in [1.82, 2.24) is 14.4 Å². The van der Waals surface area contributed by atoms with Gasteiger partial charge >= 0.3 is 0 Å². The third-order valence-corrected chi connectivity index (χ3v) is 5.74. The Balaban J connectivity index is 0.00000210. The molecule has 1 fully saturated rings. The number of benzene rings is 2. The first-order chi connectivity index (χ1) is 12.5. The predicted molar refractivity (Wildman–Crippen MR) is 114 cm³/mol. The van der Waals surface area contributed by atoms with Crippen LogP contribution < -0.4 is 0 Å². The summed E-state index contributed by atoms with van der Waals surface area (Å²) in [5.41, 5.74) is 3.73. The second-order valence-electron chi connectivity index (χ2n) is 7.67. The van der Waals surface area contributed by atoms with E-state index < -0.39 is 0 Å². The van der Waals surface area contributed by atoms with Crippen LogP contribution in [0.4, 0.5) is 0 Å². The highest BCUT2D eigenvalue weighted by Gasteiger charge is 2.36. The van der Waals surface area contributed by atoms with Crippen LogP contribution in [0, 0.1) is 0 Å². The van der Waals surface area contributed by atoms with E-state index in [0.29, 0.717) is 17.7 Å². The Hall–Kier alpha value is -2.01. The highest BCUT2D eigenvalue weighted by molar-refractivity contribution is 5.85. The van der Waals surface area contributed by atoms with Gasteiger partial charge in [-0.25, -0.2) is 0 Å². The fourth-order valence-corrected chi connectivity index (χ4v) is 4.38. The van der Waals surface area contributed by atoms with Gasteiger partial charge in [-0.15, -0.1) is 12.4 Å². The molecule has 1 N–H and O–H groups in total. The summed E-state index contributed by atoms with van der Waals surface area (Å²) >= 11 is 0. The van der Waals surface area contributed by atoms with Gasteiger partial charge in [-0.1, -0.05) is 36.4 Å². The van der Waals surface area contributed by atoms with Crippen LogP contribution in [-0.2, 0) is 13.6 Å². The first kappa shape index (κ1) is 19.7. The first-order valence-corrected chi connectivity index (χ1v) is 9.24. The third kappa shape index (κ3) is 3.70. The molecular formula is C22H28ClN3O. The molecule has 4 rings (SSSR count). The van der Waals surface area contributed by atoms with Gasteiger partial charge in [0, 0.05) is 61.3 Å². The molecule has 0 amide bonds. The minimum absolute atomic E-state index is 0. The summed E-state index contributed by atoms with van der Waals surface area (Å²) in [4.78, 5) is 4.81. The standard InChI is InChI=1S/C22H27N3O.ClH/c1-23(2)21-15-25(12-16-8-4-7-11-22(16)26)14-19(21)18-13-24(3)20-10-6-5-9-17(18)20;/h4-11,13,19,21,26H,12,14-15H2,1-3H3;1H/t19-,21+;/m0./s1. The number of nitrogens with zero attached hydrogens (tertiary/aromatic N) is 3.